The van der Waals surface area contributed by atoms with Gasteiger partial charge in [0, 0.05) is 13.0 Å². The molecule has 0 saturated heterocycles. The molecule has 0 heterocycles. The molecule has 1 atom stereocenters. The van der Waals surface area contributed by atoms with E-state index in [1.54, 1.807) is 24.3 Å². The van der Waals surface area contributed by atoms with Gasteiger partial charge in [0.05, 0.1) is 25.1 Å². The minimum absolute atomic E-state index is 0.0571. The van der Waals surface area contributed by atoms with Gasteiger partial charge in [0.25, 0.3) is 0 Å². The monoisotopic (exact) mass is 432 g/mol. The summed E-state index contributed by atoms with van der Waals surface area (Å²) in [6.45, 7) is 6.34. The van der Waals surface area contributed by atoms with Gasteiger partial charge in [-0.25, -0.2) is 8.42 Å². The molecule has 0 aliphatic rings. The molecule has 0 fully saturated rings. The predicted molar refractivity (Wildman–Crippen MR) is 122 cm³/mol. The number of benzene rings is 2. The third kappa shape index (κ3) is 6.23. The number of rotatable bonds is 10. The molecule has 0 bridgehead atoms. The van der Waals surface area contributed by atoms with Crippen LogP contribution in [0.2, 0.25) is 0 Å². The van der Waals surface area contributed by atoms with E-state index in [0.29, 0.717) is 17.9 Å². The van der Waals surface area contributed by atoms with Crippen molar-refractivity contribution in [1.82, 2.24) is 5.32 Å². The lowest BCUT2D eigenvalue weighted by Crippen LogP contribution is -2.33. The lowest BCUT2D eigenvalue weighted by Gasteiger charge is -2.24. The van der Waals surface area contributed by atoms with Crippen LogP contribution in [-0.2, 0) is 14.8 Å². The molecule has 1 amide bonds. The van der Waals surface area contributed by atoms with Gasteiger partial charge in [0.1, 0.15) is 5.75 Å². The lowest BCUT2D eigenvalue weighted by atomic mass is 9.97. The molecule has 2 aromatic carbocycles. The number of hydrogen-bond donors (Lipinski definition) is 1. The fourth-order valence-electron chi connectivity index (χ4n) is 3.57. The van der Waals surface area contributed by atoms with Crippen LogP contribution in [0.15, 0.2) is 42.5 Å². The molecule has 2 rings (SSSR count). The van der Waals surface area contributed by atoms with Crippen molar-refractivity contribution in [2.45, 2.75) is 46.1 Å². The van der Waals surface area contributed by atoms with E-state index in [4.69, 9.17) is 4.74 Å². The van der Waals surface area contributed by atoms with Gasteiger partial charge in [0.15, 0.2) is 0 Å². The number of methoxy groups -OCH3 is 1. The number of carbonyl (C=O) groups is 1. The highest BCUT2D eigenvalue weighted by Gasteiger charge is 2.21. The van der Waals surface area contributed by atoms with Crippen LogP contribution < -0.4 is 14.4 Å². The highest BCUT2D eigenvalue weighted by molar-refractivity contribution is 7.92. The maximum absolute atomic E-state index is 12.6. The van der Waals surface area contributed by atoms with Gasteiger partial charge in [-0.05, 0) is 49.9 Å². The highest BCUT2D eigenvalue weighted by atomic mass is 32.2. The Morgan fingerprint density at radius 1 is 1.17 bits per heavy atom. The van der Waals surface area contributed by atoms with Crippen molar-refractivity contribution in [3.8, 4) is 5.75 Å². The zero-order valence-electron chi connectivity index (χ0n) is 18.4. The van der Waals surface area contributed by atoms with Crippen molar-refractivity contribution >= 4 is 21.6 Å². The van der Waals surface area contributed by atoms with Gasteiger partial charge in [-0.1, -0.05) is 42.8 Å². The van der Waals surface area contributed by atoms with Gasteiger partial charge in [0.2, 0.25) is 15.9 Å². The second-order valence-electron chi connectivity index (χ2n) is 7.50. The minimum atomic E-state index is -3.51. The van der Waals surface area contributed by atoms with E-state index < -0.39 is 10.0 Å². The minimum Gasteiger partial charge on any atom is -0.495 e. The SMILES string of the molecule is CC[C@H](NC(=O)CCCN(c1ccccc1OC)S(C)(=O)=O)c1ccc(C)cc1C. The number of ether oxygens (including phenoxy) is 1. The number of para-hydroxylation sites is 2. The molecule has 0 aliphatic carbocycles. The molecule has 1 N–H and O–H groups in total. The van der Waals surface area contributed by atoms with Crippen molar-refractivity contribution in [3.05, 3.63) is 59.2 Å². The first-order chi connectivity index (χ1) is 14.2. The van der Waals surface area contributed by atoms with Crippen LogP contribution in [0.5, 0.6) is 5.75 Å². The predicted octanol–water partition coefficient (Wildman–Crippen LogP) is 4.13. The van der Waals surface area contributed by atoms with Crippen LogP contribution in [0.25, 0.3) is 0 Å². The van der Waals surface area contributed by atoms with Gasteiger partial charge < -0.3 is 10.1 Å². The van der Waals surface area contributed by atoms with Gasteiger partial charge in [-0.2, -0.15) is 0 Å². The summed E-state index contributed by atoms with van der Waals surface area (Å²) < 4.78 is 31.2. The van der Waals surface area contributed by atoms with Crippen LogP contribution in [0, 0.1) is 13.8 Å². The average molecular weight is 433 g/mol. The van der Waals surface area contributed by atoms with E-state index in [0.717, 1.165) is 23.8 Å². The van der Waals surface area contributed by atoms with Crippen molar-refractivity contribution in [2.24, 2.45) is 0 Å². The summed E-state index contributed by atoms with van der Waals surface area (Å²) in [6, 6.07) is 13.1. The van der Waals surface area contributed by atoms with E-state index in [9.17, 15) is 13.2 Å². The summed E-state index contributed by atoms with van der Waals surface area (Å²) in [5, 5.41) is 3.09. The van der Waals surface area contributed by atoms with Crippen LogP contribution >= 0.6 is 0 Å². The Kier molecular flexibility index (Phi) is 8.29. The number of amides is 1. The number of sulfonamides is 1. The largest absolute Gasteiger partial charge is 0.495 e. The molecule has 0 radical (unpaired) electrons. The number of nitrogens with one attached hydrogen (secondary N) is 1. The summed E-state index contributed by atoms with van der Waals surface area (Å²) >= 11 is 0. The van der Waals surface area contributed by atoms with E-state index in [-0.39, 0.29) is 24.9 Å². The van der Waals surface area contributed by atoms with E-state index in [1.807, 2.05) is 26.8 Å². The van der Waals surface area contributed by atoms with Gasteiger partial charge in [-0.15, -0.1) is 0 Å². The lowest BCUT2D eigenvalue weighted by molar-refractivity contribution is -0.121. The average Bonchev–Trinajstić information content (AvgIpc) is 2.69. The molecular weight excluding hydrogens is 400 g/mol. The van der Waals surface area contributed by atoms with Crippen LogP contribution in [0.3, 0.4) is 0 Å². The molecule has 2 aromatic rings. The van der Waals surface area contributed by atoms with Crippen molar-refractivity contribution < 1.29 is 17.9 Å². The number of carbonyl (C=O) groups excluding carboxylic acids is 1. The first kappa shape index (κ1) is 23.7. The summed E-state index contributed by atoms with van der Waals surface area (Å²) in [7, 11) is -2.00. The Hall–Kier alpha value is -2.54. The highest BCUT2D eigenvalue weighted by Crippen LogP contribution is 2.29. The smallest absolute Gasteiger partial charge is 0.232 e. The molecule has 164 valence electrons. The van der Waals surface area contributed by atoms with Crippen LogP contribution in [0.1, 0.15) is 48.9 Å². The number of anilines is 1. The Bertz CT molecular complexity index is 973. The third-order valence-electron chi connectivity index (χ3n) is 5.06. The van der Waals surface area contributed by atoms with E-state index in [2.05, 4.69) is 17.4 Å². The Labute approximate surface area is 180 Å². The van der Waals surface area contributed by atoms with Crippen molar-refractivity contribution in [2.75, 3.05) is 24.2 Å². The van der Waals surface area contributed by atoms with Crippen molar-refractivity contribution in [3.63, 3.8) is 0 Å². The molecule has 0 aromatic heterocycles. The summed E-state index contributed by atoms with van der Waals surface area (Å²) in [5.41, 5.74) is 3.93. The molecule has 0 unspecified atom stereocenters. The van der Waals surface area contributed by atoms with E-state index >= 15 is 0 Å². The number of hydrogen-bond acceptors (Lipinski definition) is 4. The quantitative estimate of drug-likeness (QED) is 0.613. The molecule has 6 nitrogen and oxygen atoms in total. The number of aryl methyl sites for hydroxylation is 2. The number of nitrogens with zero attached hydrogens (tertiary/aromatic N) is 1. The summed E-state index contributed by atoms with van der Waals surface area (Å²) in [5.74, 6) is 0.392. The maximum Gasteiger partial charge on any atom is 0.232 e. The normalized spacial score (nSPS) is 12.3. The van der Waals surface area contributed by atoms with Crippen LogP contribution in [-0.4, -0.2) is 34.2 Å². The molecule has 30 heavy (non-hydrogen) atoms. The first-order valence-corrected chi connectivity index (χ1v) is 12.0. The van der Waals surface area contributed by atoms with Gasteiger partial charge in [-0.3, -0.25) is 9.10 Å². The Morgan fingerprint density at radius 3 is 2.47 bits per heavy atom. The first-order valence-electron chi connectivity index (χ1n) is 10.1. The Balaban J connectivity index is 2.03. The molecular formula is C23H32N2O4S. The van der Waals surface area contributed by atoms with E-state index in [1.165, 1.54) is 17.0 Å². The van der Waals surface area contributed by atoms with Crippen molar-refractivity contribution in [1.29, 1.82) is 0 Å². The summed E-state index contributed by atoms with van der Waals surface area (Å²) in [6.07, 6.45) is 2.59. The zero-order chi connectivity index (χ0) is 22.3. The molecule has 0 saturated carbocycles. The van der Waals surface area contributed by atoms with Gasteiger partial charge >= 0.3 is 0 Å². The van der Waals surface area contributed by atoms with Crippen LogP contribution in [0.4, 0.5) is 5.69 Å². The molecule has 0 spiro atoms. The third-order valence-corrected chi connectivity index (χ3v) is 6.24. The molecule has 7 heteroatoms. The topological polar surface area (TPSA) is 75.7 Å². The standard InChI is InChI=1S/C23H32N2O4S/c1-6-20(19-14-13-17(2)16-18(19)3)24-23(26)12-9-15-25(30(5,27)28)21-10-7-8-11-22(21)29-4/h7-8,10-11,13-14,16,20H,6,9,12,15H2,1-5H3,(H,24,26)/t20-/m0/s1. The fourth-order valence-corrected chi connectivity index (χ4v) is 4.54. The fraction of sp³-hybridized carbons (Fsp3) is 0.435. The summed E-state index contributed by atoms with van der Waals surface area (Å²) in [4.78, 5) is 12.6. The second kappa shape index (κ2) is 10.5. The second-order valence-corrected chi connectivity index (χ2v) is 9.41. The zero-order valence-corrected chi connectivity index (χ0v) is 19.3. The molecule has 0 aliphatic heterocycles. The Morgan fingerprint density at radius 2 is 1.87 bits per heavy atom. The maximum atomic E-state index is 12.6.